The van der Waals surface area contributed by atoms with Crippen molar-refractivity contribution in [3.63, 3.8) is 0 Å². The molecule has 0 amide bonds. The molecule has 0 radical (unpaired) electrons. The molecule has 0 aromatic carbocycles. The Morgan fingerprint density at radius 3 is 2.20 bits per heavy atom. The minimum atomic E-state index is -1.18. The van der Waals surface area contributed by atoms with Crippen LogP contribution in [-0.2, 0) is 9.59 Å². The number of hydrogen-bond acceptors (Lipinski definition) is 2. The Hall–Kier alpha value is -0.770. The third kappa shape index (κ3) is 4.14. The molecule has 58 valence electrons. The van der Waals surface area contributed by atoms with E-state index in [1.54, 1.807) is 0 Å². The van der Waals surface area contributed by atoms with E-state index in [1.165, 1.54) is 0 Å². The lowest BCUT2D eigenvalue weighted by Crippen LogP contribution is -2.14. The van der Waals surface area contributed by atoms with Crippen LogP contribution in [0.2, 0.25) is 0 Å². The Kier molecular flexibility index (Phi) is 3.79. The molecule has 1 atom stereocenters. The van der Waals surface area contributed by atoms with Gasteiger partial charge in [0.15, 0.2) is 0 Å². The first kappa shape index (κ1) is 9.23. The van der Waals surface area contributed by atoms with Crippen molar-refractivity contribution < 1.29 is 19.8 Å². The van der Waals surface area contributed by atoms with Crippen molar-refractivity contribution >= 4 is 23.5 Å². The van der Waals surface area contributed by atoms with Crippen LogP contribution in [0.25, 0.3) is 0 Å². The van der Waals surface area contributed by atoms with Gasteiger partial charge in [-0.2, -0.15) is 0 Å². The van der Waals surface area contributed by atoms with Crippen LogP contribution in [-0.4, -0.2) is 27.5 Å². The first-order valence-electron chi connectivity index (χ1n) is 2.62. The molecule has 0 fully saturated rings. The van der Waals surface area contributed by atoms with Crippen LogP contribution in [0, 0.1) is 0 Å². The van der Waals surface area contributed by atoms with Crippen molar-refractivity contribution in [2.24, 2.45) is 0 Å². The number of carbonyl (C=O) groups is 2. The number of carboxylic acid groups (broad SMARTS) is 2. The van der Waals surface area contributed by atoms with Gasteiger partial charge in [-0.3, -0.25) is 9.59 Å². The molecule has 0 aliphatic heterocycles. The maximum atomic E-state index is 9.99. The maximum absolute atomic E-state index is 9.99. The SMILES string of the molecule is O=C(O)CCC(Cl)C(=O)O. The minimum absolute atomic E-state index is 0.0355. The Morgan fingerprint density at radius 1 is 1.40 bits per heavy atom. The van der Waals surface area contributed by atoms with Gasteiger partial charge < -0.3 is 10.2 Å². The zero-order valence-electron chi connectivity index (χ0n) is 5.08. The molecule has 0 aliphatic carbocycles. The molecule has 0 bridgehead atoms. The van der Waals surface area contributed by atoms with Gasteiger partial charge in [0.25, 0.3) is 0 Å². The van der Waals surface area contributed by atoms with Crippen molar-refractivity contribution in [2.45, 2.75) is 18.2 Å². The maximum Gasteiger partial charge on any atom is 0.321 e. The summed E-state index contributed by atoms with van der Waals surface area (Å²) in [5, 5.41) is 15.2. The van der Waals surface area contributed by atoms with Crippen LogP contribution >= 0.6 is 11.6 Å². The van der Waals surface area contributed by atoms with Crippen molar-refractivity contribution in [1.29, 1.82) is 0 Å². The van der Waals surface area contributed by atoms with E-state index in [0.29, 0.717) is 0 Å². The number of hydrogen-bond donors (Lipinski definition) is 2. The fraction of sp³-hybridized carbons (Fsp3) is 0.600. The van der Waals surface area contributed by atoms with Crippen LogP contribution in [0.1, 0.15) is 12.8 Å². The Labute approximate surface area is 62.4 Å². The summed E-state index contributed by atoms with van der Waals surface area (Å²) < 4.78 is 0. The molecule has 0 rings (SSSR count). The van der Waals surface area contributed by atoms with Gasteiger partial charge in [-0.25, -0.2) is 0 Å². The number of halogens is 1. The van der Waals surface area contributed by atoms with Crippen molar-refractivity contribution in [2.75, 3.05) is 0 Å². The van der Waals surface area contributed by atoms with E-state index >= 15 is 0 Å². The molecule has 2 N–H and O–H groups in total. The Balaban J connectivity index is 3.49. The molecule has 10 heavy (non-hydrogen) atoms. The zero-order chi connectivity index (χ0) is 8.15. The third-order valence-electron chi connectivity index (χ3n) is 0.880. The highest BCUT2D eigenvalue weighted by atomic mass is 35.5. The molecule has 1 unspecified atom stereocenters. The molecule has 5 heteroatoms. The number of alkyl halides is 1. The van der Waals surface area contributed by atoms with Crippen LogP contribution < -0.4 is 0 Å². The second-order valence-electron chi connectivity index (χ2n) is 1.74. The van der Waals surface area contributed by atoms with Gasteiger partial charge in [-0.1, -0.05) is 0 Å². The summed E-state index contributed by atoms with van der Waals surface area (Å²) in [5.74, 6) is -2.21. The molecule has 0 heterocycles. The molecular weight excluding hydrogens is 160 g/mol. The standard InChI is InChI=1S/C5H7ClO4/c6-3(5(9)10)1-2-4(7)8/h3H,1-2H2,(H,7,8)(H,9,10). The molecule has 0 spiro atoms. The zero-order valence-corrected chi connectivity index (χ0v) is 5.84. The predicted octanol–water partition coefficient (Wildman–Crippen LogP) is 0.543. The van der Waals surface area contributed by atoms with E-state index in [9.17, 15) is 9.59 Å². The largest absolute Gasteiger partial charge is 0.481 e. The quantitative estimate of drug-likeness (QED) is 0.598. The summed E-state index contributed by atoms with van der Waals surface area (Å²) in [5.41, 5.74) is 0. The van der Waals surface area contributed by atoms with E-state index < -0.39 is 17.3 Å². The number of aliphatic carboxylic acids is 2. The second kappa shape index (κ2) is 4.11. The summed E-state index contributed by atoms with van der Waals surface area (Å²) in [6.45, 7) is 0. The second-order valence-corrected chi connectivity index (χ2v) is 2.27. The number of rotatable bonds is 4. The van der Waals surface area contributed by atoms with Gasteiger partial charge in [-0.05, 0) is 6.42 Å². The van der Waals surface area contributed by atoms with E-state index in [0.717, 1.165) is 0 Å². The molecular formula is C5H7ClO4. The number of carboxylic acids is 2. The topological polar surface area (TPSA) is 74.6 Å². The Bertz CT molecular complexity index is 145. The van der Waals surface area contributed by atoms with Gasteiger partial charge >= 0.3 is 11.9 Å². The highest BCUT2D eigenvalue weighted by molar-refractivity contribution is 6.29. The van der Waals surface area contributed by atoms with Gasteiger partial charge in [-0.15, -0.1) is 11.6 Å². The van der Waals surface area contributed by atoms with Crippen molar-refractivity contribution in [3.05, 3.63) is 0 Å². The summed E-state index contributed by atoms with van der Waals surface area (Å²) in [6, 6.07) is 0. The highest BCUT2D eigenvalue weighted by Gasteiger charge is 2.14. The lowest BCUT2D eigenvalue weighted by atomic mass is 10.2. The summed E-state index contributed by atoms with van der Waals surface area (Å²) in [6.07, 6.45) is -0.243. The van der Waals surface area contributed by atoms with E-state index in [2.05, 4.69) is 0 Å². The summed E-state index contributed by atoms with van der Waals surface area (Å²) in [4.78, 5) is 19.9. The lowest BCUT2D eigenvalue weighted by Gasteiger charge is -1.98. The van der Waals surface area contributed by atoms with Crippen LogP contribution in [0.4, 0.5) is 0 Å². The van der Waals surface area contributed by atoms with E-state index in [4.69, 9.17) is 21.8 Å². The van der Waals surface area contributed by atoms with E-state index in [1.807, 2.05) is 0 Å². The van der Waals surface area contributed by atoms with Crippen LogP contribution in [0.3, 0.4) is 0 Å². The van der Waals surface area contributed by atoms with Gasteiger partial charge in [0.2, 0.25) is 0 Å². The molecule has 0 aromatic rings. The summed E-state index contributed by atoms with van der Waals surface area (Å²) >= 11 is 5.20. The van der Waals surface area contributed by atoms with Gasteiger partial charge in [0.05, 0.1) is 0 Å². The van der Waals surface area contributed by atoms with Gasteiger partial charge in [0, 0.05) is 6.42 Å². The monoisotopic (exact) mass is 166 g/mol. The summed E-state index contributed by atoms with van der Waals surface area (Å²) in [7, 11) is 0. The first-order chi connectivity index (χ1) is 4.54. The third-order valence-corrected chi connectivity index (χ3v) is 1.28. The minimum Gasteiger partial charge on any atom is -0.481 e. The van der Waals surface area contributed by atoms with Crippen molar-refractivity contribution in [3.8, 4) is 0 Å². The Morgan fingerprint density at radius 2 is 1.90 bits per heavy atom. The molecule has 0 saturated carbocycles. The molecule has 4 nitrogen and oxygen atoms in total. The smallest absolute Gasteiger partial charge is 0.321 e. The van der Waals surface area contributed by atoms with E-state index in [-0.39, 0.29) is 12.8 Å². The fourth-order valence-electron chi connectivity index (χ4n) is 0.374. The molecule has 0 saturated heterocycles. The average molecular weight is 167 g/mol. The van der Waals surface area contributed by atoms with Crippen molar-refractivity contribution in [1.82, 2.24) is 0 Å². The van der Waals surface area contributed by atoms with Crippen LogP contribution in [0.15, 0.2) is 0 Å². The normalized spacial score (nSPS) is 12.5. The highest BCUT2D eigenvalue weighted by Crippen LogP contribution is 2.04. The average Bonchev–Trinajstić information content (AvgIpc) is 1.82. The fourth-order valence-corrected chi connectivity index (χ4v) is 0.483. The van der Waals surface area contributed by atoms with Crippen LogP contribution in [0.5, 0.6) is 0 Å². The lowest BCUT2D eigenvalue weighted by molar-refractivity contribution is -0.138. The molecule has 0 aliphatic rings. The van der Waals surface area contributed by atoms with Gasteiger partial charge in [0.1, 0.15) is 5.38 Å². The first-order valence-corrected chi connectivity index (χ1v) is 3.06. The molecule has 0 aromatic heterocycles. The predicted molar refractivity (Wildman–Crippen MR) is 34.1 cm³/mol.